The van der Waals surface area contributed by atoms with E-state index in [1.165, 1.54) is 11.1 Å². The molecule has 1 amide bonds. The maximum absolute atomic E-state index is 12.2. The molecule has 0 aliphatic rings. The van der Waals surface area contributed by atoms with Crippen molar-refractivity contribution >= 4 is 23.5 Å². The van der Waals surface area contributed by atoms with Gasteiger partial charge in [0.15, 0.2) is 5.96 Å². The summed E-state index contributed by atoms with van der Waals surface area (Å²) >= 11 is 6.05. The summed E-state index contributed by atoms with van der Waals surface area (Å²) in [5, 5.41) is 6.60. The molecule has 0 aromatic heterocycles. The molecule has 0 saturated carbocycles. The summed E-state index contributed by atoms with van der Waals surface area (Å²) in [7, 11) is 2.01. The van der Waals surface area contributed by atoms with E-state index in [2.05, 4.69) is 39.6 Å². The molecule has 0 heterocycles. The van der Waals surface area contributed by atoms with Gasteiger partial charge < -0.3 is 15.5 Å². The molecule has 0 spiro atoms. The minimum atomic E-state index is -0.186. The second-order valence-electron chi connectivity index (χ2n) is 6.25. The van der Waals surface area contributed by atoms with Crippen molar-refractivity contribution in [3.8, 4) is 0 Å². The van der Waals surface area contributed by atoms with Crippen molar-refractivity contribution in [3.63, 3.8) is 0 Å². The lowest BCUT2D eigenvalue weighted by atomic mass is 10.1. The van der Waals surface area contributed by atoms with E-state index >= 15 is 0 Å². The number of benzene rings is 2. The molecule has 27 heavy (non-hydrogen) atoms. The third-order valence-electron chi connectivity index (χ3n) is 4.14. The topological polar surface area (TPSA) is 56.7 Å². The van der Waals surface area contributed by atoms with Gasteiger partial charge in [-0.1, -0.05) is 48.0 Å². The quantitative estimate of drug-likeness (QED) is 0.435. The van der Waals surface area contributed by atoms with Crippen LogP contribution in [-0.4, -0.2) is 43.4 Å². The van der Waals surface area contributed by atoms with E-state index in [9.17, 15) is 4.79 Å². The third kappa shape index (κ3) is 6.29. The summed E-state index contributed by atoms with van der Waals surface area (Å²) in [5.74, 6) is 0.627. The average molecular weight is 387 g/mol. The SMILES string of the molecule is CCNC(=NCCNC(=O)c1ccccc1Cl)N(C)Cc1ccccc1C. The summed E-state index contributed by atoms with van der Waals surface area (Å²) in [6.07, 6.45) is 0. The lowest BCUT2D eigenvalue weighted by Crippen LogP contribution is -2.39. The average Bonchev–Trinajstić information content (AvgIpc) is 2.66. The number of guanidine groups is 1. The highest BCUT2D eigenvalue weighted by atomic mass is 35.5. The minimum Gasteiger partial charge on any atom is -0.357 e. The van der Waals surface area contributed by atoms with Crippen LogP contribution < -0.4 is 10.6 Å². The Morgan fingerprint density at radius 1 is 1.11 bits per heavy atom. The molecule has 2 aromatic carbocycles. The van der Waals surface area contributed by atoms with E-state index in [-0.39, 0.29) is 5.91 Å². The predicted octanol–water partition coefficient (Wildman–Crippen LogP) is 3.48. The van der Waals surface area contributed by atoms with E-state index in [1.54, 1.807) is 24.3 Å². The normalized spacial score (nSPS) is 11.2. The number of nitrogens with zero attached hydrogens (tertiary/aromatic N) is 2. The first-order valence-corrected chi connectivity index (χ1v) is 9.47. The van der Waals surface area contributed by atoms with Crippen molar-refractivity contribution in [1.82, 2.24) is 15.5 Å². The zero-order chi connectivity index (χ0) is 19.6. The van der Waals surface area contributed by atoms with Crippen LogP contribution in [0.3, 0.4) is 0 Å². The molecule has 0 bridgehead atoms. The number of amides is 1. The first kappa shape index (κ1) is 20.8. The maximum atomic E-state index is 12.2. The van der Waals surface area contributed by atoms with E-state index < -0.39 is 0 Å². The van der Waals surface area contributed by atoms with Crippen LogP contribution in [0.15, 0.2) is 53.5 Å². The second-order valence-corrected chi connectivity index (χ2v) is 6.66. The van der Waals surface area contributed by atoms with Crippen LogP contribution >= 0.6 is 11.6 Å². The van der Waals surface area contributed by atoms with Gasteiger partial charge in [-0.25, -0.2) is 0 Å². The summed E-state index contributed by atoms with van der Waals surface area (Å²) < 4.78 is 0. The number of rotatable bonds is 7. The molecule has 0 radical (unpaired) electrons. The monoisotopic (exact) mass is 386 g/mol. The number of carbonyl (C=O) groups is 1. The van der Waals surface area contributed by atoms with Gasteiger partial charge in [0.05, 0.1) is 17.1 Å². The zero-order valence-electron chi connectivity index (χ0n) is 16.1. The molecule has 2 N–H and O–H groups in total. The second kappa shape index (κ2) is 10.6. The first-order valence-electron chi connectivity index (χ1n) is 9.09. The van der Waals surface area contributed by atoms with Gasteiger partial charge >= 0.3 is 0 Å². The van der Waals surface area contributed by atoms with E-state index in [1.807, 2.05) is 26.1 Å². The molecule has 0 saturated heterocycles. The highest BCUT2D eigenvalue weighted by molar-refractivity contribution is 6.33. The Balaban J connectivity index is 1.92. The number of nitrogens with one attached hydrogen (secondary N) is 2. The van der Waals surface area contributed by atoms with Crippen molar-refractivity contribution in [2.45, 2.75) is 20.4 Å². The van der Waals surface area contributed by atoms with Gasteiger partial charge in [0.25, 0.3) is 5.91 Å². The largest absolute Gasteiger partial charge is 0.357 e. The fourth-order valence-electron chi connectivity index (χ4n) is 2.66. The molecule has 5 nitrogen and oxygen atoms in total. The first-order chi connectivity index (χ1) is 13.0. The van der Waals surface area contributed by atoms with Crippen LogP contribution in [0.1, 0.15) is 28.4 Å². The molecule has 2 rings (SSSR count). The molecular formula is C21H27ClN4O. The molecule has 2 aromatic rings. The number of hydrogen-bond donors (Lipinski definition) is 2. The Hall–Kier alpha value is -2.53. The Morgan fingerprint density at radius 2 is 1.81 bits per heavy atom. The maximum Gasteiger partial charge on any atom is 0.252 e. The third-order valence-corrected chi connectivity index (χ3v) is 4.47. The summed E-state index contributed by atoms with van der Waals surface area (Å²) in [5.41, 5.74) is 3.00. The van der Waals surface area contributed by atoms with Crippen molar-refractivity contribution < 1.29 is 4.79 Å². The molecule has 0 aliphatic heterocycles. The molecule has 144 valence electrons. The Labute approximate surface area is 166 Å². The number of hydrogen-bond acceptors (Lipinski definition) is 2. The van der Waals surface area contributed by atoms with Crippen LogP contribution in [0.2, 0.25) is 5.02 Å². The van der Waals surface area contributed by atoms with E-state index in [4.69, 9.17) is 11.6 Å². The van der Waals surface area contributed by atoms with Crippen LogP contribution in [0.25, 0.3) is 0 Å². The summed E-state index contributed by atoms with van der Waals surface area (Å²) in [6.45, 7) is 6.62. The van der Waals surface area contributed by atoms with Gasteiger partial charge in [0, 0.05) is 26.7 Å². The van der Waals surface area contributed by atoms with Gasteiger partial charge in [0.2, 0.25) is 0 Å². The Bertz CT molecular complexity index is 791. The molecule has 0 unspecified atom stereocenters. The van der Waals surface area contributed by atoms with E-state index in [0.717, 1.165) is 19.0 Å². The predicted molar refractivity (Wildman–Crippen MR) is 112 cm³/mol. The fourth-order valence-corrected chi connectivity index (χ4v) is 2.88. The van der Waals surface area contributed by atoms with Gasteiger partial charge in [-0.3, -0.25) is 9.79 Å². The molecular weight excluding hydrogens is 360 g/mol. The van der Waals surface area contributed by atoms with Crippen LogP contribution in [0.5, 0.6) is 0 Å². The van der Waals surface area contributed by atoms with Crippen LogP contribution in [0.4, 0.5) is 0 Å². The Morgan fingerprint density at radius 3 is 2.52 bits per heavy atom. The molecule has 0 atom stereocenters. The molecule has 0 fully saturated rings. The van der Waals surface area contributed by atoms with Crippen molar-refractivity contribution in [2.24, 2.45) is 4.99 Å². The highest BCUT2D eigenvalue weighted by Crippen LogP contribution is 2.14. The van der Waals surface area contributed by atoms with Crippen LogP contribution in [0, 0.1) is 6.92 Å². The number of halogens is 1. The molecule has 6 heteroatoms. The smallest absolute Gasteiger partial charge is 0.252 e. The van der Waals surface area contributed by atoms with Gasteiger partial charge in [-0.15, -0.1) is 0 Å². The standard InChI is InChI=1S/C21H27ClN4O/c1-4-23-21(26(3)15-17-10-6-5-9-16(17)2)25-14-13-24-20(27)18-11-7-8-12-19(18)22/h5-12H,4,13-15H2,1-3H3,(H,23,25)(H,24,27). The molecule has 0 aliphatic carbocycles. The summed E-state index contributed by atoms with van der Waals surface area (Å²) in [4.78, 5) is 18.9. The number of aryl methyl sites for hydroxylation is 1. The summed E-state index contributed by atoms with van der Waals surface area (Å²) in [6, 6.07) is 15.3. The van der Waals surface area contributed by atoms with E-state index in [0.29, 0.717) is 23.7 Å². The lowest BCUT2D eigenvalue weighted by Gasteiger charge is -2.23. The number of aliphatic imine (C=N–C) groups is 1. The number of carbonyl (C=O) groups excluding carboxylic acids is 1. The zero-order valence-corrected chi connectivity index (χ0v) is 16.9. The fraction of sp³-hybridized carbons (Fsp3) is 0.333. The van der Waals surface area contributed by atoms with Crippen molar-refractivity contribution in [3.05, 3.63) is 70.2 Å². The van der Waals surface area contributed by atoms with Gasteiger partial charge in [-0.05, 0) is 37.1 Å². The van der Waals surface area contributed by atoms with Crippen molar-refractivity contribution in [1.29, 1.82) is 0 Å². The van der Waals surface area contributed by atoms with Gasteiger partial charge in [-0.2, -0.15) is 0 Å². The van der Waals surface area contributed by atoms with Gasteiger partial charge in [0.1, 0.15) is 0 Å². The Kier molecular flexibility index (Phi) is 8.14. The van der Waals surface area contributed by atoms with Crippen LogP contribution in [-0.2, 0) is 6.54 Å². The minimum absolute atomic E-state index is 0.186. The lowest BCUT2D eigenvalue weighted by molar-refractivity contribution is 0.0955. The van der Waals surface area contributed by atoms with Crippen molar-refractivity contribution in [2.75, 3.05) is 26.7 Å². The highest BCUT2D eigenvalue weighted by Gasteiger charge is 2.10.